The van der Waals surface area contributed by atoms with E-state index >= 15 is 0 Å². The normalized spacial score (nSPS) is 19.2. The third-order valence-electron chi connectivity index (χ3n) is 3.99. The highest BCUT2D eigenvalue weighted by Gasteiger charge is 2.36. The Bertz CT molecular complexity index is 803. The summed E-state index contributed by atoms with van der Waals surface area (Å²) in [6.45, 7) is 4.20. The maximum Gasteiger partial charge on any atom is 0.246 e. The maximum absolute atomic E-state index is 12.9. The highest BCUT2D eigenvalue weighted by molar-refractivity contribution is 7.89. The number of aryl methyl sites for hydroxylation is 2. The number of rotatable bonds is 4. The number of nitrogens with zero attached hydrogens (tertiary/aromatic N) is 5. The molecule has 1 aliphatic rings. The Hall–Kier alpha value is -2.00. The molecule has 0 spiro atoms. The molecule has 0 radical (unpaired) electrons. The van der Waals surface area contributed by atoms with Crippen molar-refractivity contribution in [2.24, 2.45) is 7.05 Å². The molecule has 1 aliphatic heterocycles. The topological polar surface area (TPSA) is 90.2 Å². The van der Waals surface area contributed by atoms with Gasteiger partial charge in [-0.25, -0.2) is 18.4 Å². The molecular formula is C14H19N5O3S. The van der Waals surface area contributed by atoms with E-state index in [1.807, 2.05) is 0 Å². The van der Waals surface area contributed by atoms with Gasteiger partial charge in [0.25, 0.3) is 0 Å². The molecule has 8 nitrogen and oxygen atoms in total. The zero-order chi connectivity index (χ0) is 16.6. The van der Waals surface area contributed by atoms with Crippen molar-refractivity contribution in [2.75, 3.05) is 13.1 Å². The van der Waals surface area contributed by atoms with E-state index in [-0.39, 0.29) is 6.10 Å². The van der Waals surface area contributed by atoms with E-state index in [1.54, 1.807) is 37.8 Å². The summed E-state index contributed by atoms with van der Waals surface area (Å²) in [5, 5.41) is 4.20. The highest BCUT2D eigenvalue weighted by atomic mass is 32.2. The molecule has 1 saturated heterocycles. The first-order valence-corrected chi connectivity index (χ1v) is 8.76. The molecule has 0 aromatic carbocycles. The van der Waals surface area contributed by atoms with Gasteiger partial charge in [0, 0.05) is 25.9 Å². The highest BCUT2D eigenvalue weighted by Crippen LogP contribution is 2.27. The molecule has 9 heteroatoms. The Labute approximate surface area is 135 Å². The van der Waals surface area contributed by atoms with Gasteiger partial charge < -0.3 is 4.74 Å². The van der Waals surface area contributed by atoms with Crippen LogP contribution in [-0.4, -0.2) is 51.7 Å². The number of ether oxygens (including phenoxy) is 1. The van der Waals surface area contributed by atoms with Crippen LogP contribution in [0.15, 0.2) is 23.5 Å². The van der Waals surface area contributed by atoms with Gasteiger partial charge in [0.2, 0.25) is 15.9 Å². The van der Waals surface area contributed by atoms with Crippen LogP contribution < -0.4 is 4.74 Å². The van der Waals surface area contributed by atoms with Crippen LogP contribution in [0.1, 0.15) is 17.8 Å². The predicted octanol–water partition coefficient (Wildman–Crippen LogP) is 0.669. The Balaban J connectivity index is 1.78. The van der Waals surface area contributed by atoms with Crippen molar-refractivity contribution < 1.29 is 13.2 Å². The monoisotopic (exact) mass is 337 g/mol. The van der Waals surface area contributed by atoms with Gasteiger partial charge in [0.05, 0.1) is 17.9 Å². The lowest BCUT2D eigenvalue weighted by molar-refractivity contribution is 0.206. The van der Waals surface area contributed by atoms with Crippen molar-refractivity contribution >= 4 is 10.0 Å². The molecule has 0 amide bonds. The molecule has 0 bridgehead atoms. The Morgan fingerprint density at radius 1 is 1.35 bits per heavy atom. The van der Waals surface area contributed by atoms with Crippen LogP contribution >= 0.6 is 0 Å². The van der Waals surface area contributed by atoms with Gasteiger partial charge in [-0.05, 0) is 20.3 Å². The minimum absolute atomic E-state index is 0.211. The fourth-order valence-corrected chi connectivity index (χ4v) is 4.67. The average Bonchev–Trinajstić information content (AvgIpc) is 3.06. The quantitative estimate of drug-likeness (QED) is 0.814. The van der Waals surface area contributed by atoms with Crippen LogP contribution in [0, 0.1) is 13.8 Å². The Morgan fingerprint density at radius 2 is 2.13 bits per heavy atom. The number of hydrogen-bond donors (Lipinski definition) is 0. The largest absolute Gasteiger partial charge is 0.473 e. The Morgan fingerprint density at radius 3 is 2.74 bits per heavy atom. The zero-order valence-electron chi connectivity index (χ0n) is 13.3. The summed E-state index contributed by atoms with van der Waals surface area (Å²) < 4.78 is 34.5. The maximum atomic E-state index is 12.9. The lowest BCUT2D eigenvalue weighted by Gasteiger charge is -2.17. The molecule has 0 saturated carbocycles. The fourth-order valence-electron chi connectivity index (χ4n) is 2.79. The lowest BCUT2D eigenvalue weighted by atomic mass is 10.3. The van der Waals surface area contributed by atoms with Crippen LogP contribution in [0.5, 0.6) is 5.88 Å². The lowest BCUT2D eigenvalue weighted by Crippen LogP contribution is -2.31. The van der Waals surface area contributed by atoms with Crippen LogP contribution in [-0.2, 0) is 17.1 Å². The van der Waals surface area contributed by atoms with Crippen molar-refractivity contribution in [3.8, 4) is 5.88 Å². The summed E-state index contributed by atoms with van der Waals surface area (Å²) in [6.07, 6.45) is 3.41. The molecule has 0 aliphatic carbocycles. The third kappa shape index (κ3) is 2.93. The third-order valence-corrected chi connectivity index (χ3v) is 6.11. The van der Waals surface area contributed by atoms with Gasteiger partial charge in [-0.15, -0.1) is 0 Å². The Kier molecular flexibility index (Phi) is 4.07. The van der Waals surface area contributed by atoms with E-state index in [9.17, 15) is 8.42 Å². The van der Waals surface area contributed by atoms with Crippen molar-refractivity contribution in [1.29, 1.82) is 0 Å². The van der Waals surface area contributed by atoms with E-state index in [0.29, 0.717) is 41.7 Å². The second kappa shape index (κ2) is 5.89. The van der Waals surface area contributed by atoms with Crippen LogP contribution in [0.25, 0.3) is 0 Å². The van der Waals surface area contributed by atoms with Crippen LogP contribution in [0.2, 0.25) is 0 Å². The first-order chi connectivity index (χ1) is 10.9. The van der Waals surface area contributed by atoms with Crippen molar-refractivity contribution in [2.45, 2.75) is 31.3 Å². The molecular weight excluding hydrogens is 318 g/mol. The fraction of sp³-hybridized carbons (Fsp3) is 0.500. The van der Waals surface area contributed by atoms with Crippen molar-refractivity contribution in [3.05, 3.63) is 30.0 Å². The standard InChI is InChI=1S/C14H19N5O3S/c1-10-14(11(2)18(3)17-10)23(20,21)19-7-5-12(8-19)22-13-4-6-15-9-16-13/h4,6,9,12H,5,7-8H2,1-3H3/t12-/m1/s1. The second-order valence-electron chi connectivity index (χ2n) is 5.56. The molecule has 2 aromatic heterocycles. The summed E-state index contributed by atoms with van der Waals surface area (Å²) in [6, 6.07) is 1.66. The van der Waals surface area contributed by atoms with E-state index in [2.05, 4.69) is 15.1 Å². The second-order valence-corrected chi connectivity index (χ2v) is 7.44. The first kappa shape index (κ1) is 15.9. The molecule has 124 valence electrons. The summed E-state index contributed by atoms with van der Waals surface area (Å²) in [7, 11) is -1.82. The van der Waals surface area contributed by atoms with Gasteiger partial charge in [-0.3, -0.25) is 4.68 Å². The zero-order valence-corrected chi connectivity index (χ0v) is 14.1. The van der Waals surface area contributed by atoms with Crippen LogP contribution in [0.3, 0.4) is 0 Å². The van der Waals surface area contributed by atoms with Crippen molar-refractivity contribution in [1.82, 2.24) is 24.1 Å². The van der Waals surface area contributed by atoms with Gasteiger partial charge in [0.15, 0.2) is 0 Å². The number of hydrogen-bond acceptors (Lipinski definition) is 6. The summed E-state index contributed by atoms with van der Waals surface area (Å²) in [5.41, 5.74) is 1.16. The molecule has 2 aromatic rings. The molecule has 1 atom stereocenters. The van der Waals surface area contributed by atoms with Crippen LogP contribution in [0.4, 0.5) is 0 Å². The molecule has 0 unspecified atom stereocenters. The summed E-state index contributed by atoms with van der Waals surface area (Å²) >= 11 is 0. The summed E-state index contributed by atoms with van der Waals surface area (Å²) in [4.78, 5) is 8.13. The summed E-state index contributed by atoms with van der Waals surface area (Å²) in [5.74, 6) is 0.456. The predicted molar refractivity (Wildman–Crippen MR) is 82.5 cm³/mol. The van der Waals surface area contributed by atoms with E-state index in [1.165, 1.54) is 10.6 Å². The molecule has 23 heavy (non-hydrogen) atoms. The van der Waals surface area contributed by atoms with Crippen molar-refractivity contribution in [3.63, 3.8) is 0 Å². The number of aromatic nitrogens is 4. The van der Waals surface area contributed by atoms with E-state index in [0.717, 1.165) is 0 Å². The first-order valence-electron chi connectivity index (χ1n) is 7.32. The molecule has 3 heterocycles. The molecule has 3 rings (SSSR count). The number of sulfonamides is 1. The van der Waals surface area contributed by atoms with E-state index < -0.39 is 10.0 Å². The SMILES string of the molecule is Cc1nn(C)c(C)c1S(=O)(=O)N1CC[C@@H](Oc2ccncn2)C1. The minimum Gasteiger partial charge on any atom is -0.473 e. The van der Waals surface area contributed by atoms with Gasteiger partial charge in [0.1, 0.15) is 17.3 Å². The average molecular weight is 337 g/mol. The van der Waals surface area contributed by atoms with E-state index in [4.69, 9.17) is 4.74 Å². The van der Waals surface area contributed by atoms with Gasteiger partial charge in [-0.2, -0.15) is 9.40 Å². The molecule has 0 N–H and O–H groups in total. The smallest absolute Gasteiger partial charge is 0.246 e. The van der Waals surface area contributed by atoms with Gasteiger partial charge in [-0.1, -0.05) is 0 Å². The minimum atomic E-state index is -3.57. The molecule has 1 fully saturated rings. The van der Waals surface area contributed by atoms with Gasteiger partial charge >= 0.3 is 0 Å².